The molecule has 0 spiro atoms. The predicted molar refractivity (Wildman–Crippen MR) is 71.1 cm³/mol. The maximum Gasteiger partial charge on any atom is 0.126 e. The van der Waals surface area contributed by atoms with Gasteiger partial charge in [-0.2, -0.15) is 0 Å². The van der Waals surface area contributed by atoms with Gasteiger partial charge in [0.25, 0.3) is 0 Å². The van der Waals surface area contributed by atoms with E-state index >= 15 is 0 Å². The summed E-state index contributed by atoms with van der Waals surface area (Å²) in [7, 11) is 0. The minimum absolute atomic E-state index is 0.198. The van der Waals surface area contributed by atoms with Crippen molar-refractivity contribution < 1.29 is 9.47 Å². The summed E-state index contributed by atoms with van der Waals surface area (Å²) in [6.07, 6.45) is 3.94. The fourth-order valence-electron chi connectivity index (χ4n) is 2.75. The lowest BCUT2D eigenvalue weighted by Crippen LogP contribution is -2.37. The minimum Gasteiger partial charge on any atom is -0.487 e. The quantitative estimate of drug-likeness (QED) is 0.887. The second-order valence-corrected chi connectivity index (χ2v) is 5.36. The summed E-state index contributed by atoms with van der Waals surface area (Å²) in [6.45, 7) is 4.95. The first-order valence-electron chi connectivity index (χ1n) is 6.90. The number of rotatable bonds is 3. The fraction of sp³-hybridized carbons (Fsp3) is 0.600. The molecule has 1 fully saturated rings. The highest BCUT2D eigenvalue weighted by atomic mass is 16.5. The van der Waals surface area contributed by atoms with Gasteiger partial charge < -0.3 is 14.8 Å². The van der Waals surface area contributed by atoms with E-state index in [9.17, 15) is 0 Å². The van der Waals surface area contributed by atoms with Crippen LogP contribution >= 0.6 is 0 Å². The zero-order chi connectivity index (χ0) is 12.4. The van der Waals surface area contributed by atoms with Crippen LogP contribution in [0.4, 0.5) is 0 Å². The van der Waals surface area contributed by atoms with Crippen molar-refractivity contribution in [2.45, 2.75) is 38.4 Å². The topological polar surface area (TPSA) is 30.5 Å². The molecule has 1 N–H and O–H groups in total. The van der Waals surface area contributed by atoms with Crippen molar-refractivity contribution >= 4 is 0 Å². The van der Waals surface area contributed by atoms with E-state index in [0.29, 0.717) is 12.7 Å². The summed E-state index contributed by atoms with van der Waals surface area (Å²) in [5, 5.41) is 3.37. The third-order valence-electron chi connectivity index (χ3n) is 3.73. The monoisotopic (exact) mass is 247 g/mol. The molecule has 0 amide bonds. The highest BCUT2D eigenvalue weighted by Crippen LogP contribution is 2.29. The van der Waals surface area contributed by atoms with Crippen LogP contribution in [0, 0.1) is 6.92 Å². The Morgan fingerprint density at radius 2 is 2.39 bits per heavy atom. The highest BCUT2D eigenvalue weighted by Gasteiger charge is 2.24. The molecule has 3 nitrogen and oxygen atoms in total. The first-order chi connectivity index (χ1) is 8.81. The molecule has 1 unspecified atom stereocenters. The van der Waals surface area contributed by atoms with Gasteiger partial charge in [0.15, 0.2) is 0 Å². The number of nitrogens with one attached hydrogen (secondary N) is 1. The lowest BCUT2D eigenvalue weighted by Gasteiger charge is -2.24. The van der Waals surface area contributed by atoms with Gasteiger partial charge in [-0.1, -0.05) is 17.7 Å². The van der Waals surface area contributed by atoms with Crippen molar-refractivity contribution in [2.24, 2.45) is 0 Å². The molecule has 0 radical (unpaired) electrons. The number of fused-ring (bicyclic) bond motifs is 1. The van der Waals surface area contributed by atoms with E-state index in [4.69, 9.17) is 9.47 Å². The van der Waals surface area contributed by atoms with Gasteiger partial charge in [-0.15, -0.1) is 0 Å². The Morgan fingerprint density at radius 1 is 1.44 bits per heavy atom. The lowest BCUT2D eigenvalue weighted by atomic mass is 10.1. The normalized spacial score (nSPS) is 26.7. The van der Waals surface area contributed by atoms with Crippen LogP contribution in [-0.2, 0) is 11.2 Å². The molecule has 1 saturated heterocycles. The SMILES string of the molecule is Cc1ccc2c(c1)CC(CO[C@H]1CCCNC1)O2. The standard InChI is InChI=1S/C15H21NO2/c1-11-4-5-15-12(7-11)8-14(18-15)10-17-13-3-2-6-16-9-13/h4-5,7,13-14,16H,2-3,6,8-10H2,1H3/t13-,14?/m0/s1. The molecule has 3 heteroatoms. The van der Waals surface area contributed by atoms with E-state index in [0.717, 1.165) is 25.3 Å². The Balaban J connectivity index is 1.51. The summed E-state index contributed by atoms with van der Waals surface area (Å²) >= 11 is 0. The van der Waals surface area contributed by atoms with Crippen LogP contribution < -0.4 is 10.1 Å². The van der Waals surface area contributed by atoms with Gasteiger partial charge in [-0.25, -0.2) is 0 Å². The fourth-order valence-corrected chi connectivity index (χ4v) is 2.75. The average molecular weight is 247 g/mol. The zero-order valence-electron chi connectivity index (χ0n) is 10.9. The molecule has 2 aliphatic heterocycles. The van der Waals surface area contributed by atoms with E-state index in [1.54, 1.807) is 0 Å². The number of hydrogen-bond donors (Lipinski definition) is 1. The maximum atomic E-state index is 5.94. The number of piperidine rings is 1. The first kappa shape index (κ1) is 12.0. The number of benzene rings is 1. The van der Waals surface area contributed by atoms with E-state index in [2.05, 4.69) is 30.4 Å². The molecule has 0 aromatic heterocycles. The van der Waals surface area contributed by atoms with Crippen molar-refractivity contribution in [3.63, 3.8) is 0 Å². The summed E-state index contributed by atoms with van der Waals surface area (Å²) in [6, 6.07) is 6.40. The largest absolute Gasteiger partial charge is 0.487 e. The molecular weight excluding hydrogens is 226 g/mol. The van der Waals surface area contributed by atoms with Gasteiger partial charge in [-0.3, -0.25) is 0 Å². The molecule has 2 atom stereocenters. The van der Waals surface area contributed by atoms with Gasteiger partial charge in [0.05, 0.1) is 12.7 Å². The van der Waals surface area contributed by atoms with Gasteiger partial charge in [-0.05, 0) is 37.9 Å². The molecule has 2 heterocycles. The molecule has 0 bridgehead atoms. The van der Waals surface area contributed by atoms with Gasteiger partial charge in [0.1, 0.15) is 11.9 Å². The molecule has 0 aliphatic carbocycles. The van der Waals surface area contributed by atoms with E-state index in [1.807, 2.05) is 0 Å². The van der Waals surface area contributed by atoms with Crippen molar-refractivity contribution in [3.05, 3.63) is 29.3 Å². The van der Waals surface area contributed by atoms with Gasteiger partial charge >= 0.3 is 0 Å². The molecule has 2 aliphatic rings. The van der Waals surface area contributed by atoms with Gasteiger partial charge in [0, 0.05) is 13.0 Å². The van der Waals surface area contributed by atoms with Crippen molar-refractivity contribution in [2.75, 3.05) is 19.7 Å². The van der Waals surface area contributed by atoms with E-state index in [1.165, 1.54) is 24.0 Å². The molecule has 1 aromatic carbocycles. The molecule has 1 aromatic rings. The summed E-state index contributed by atoms with van der Waals surface area (Å²) in [5.41, 5.74) is 2.63. The van der Waals surface area contributed by atoms with Gasteiger partial charge in [0.2, 0.25) is 0 Å². The Labute approximate surface area is 108 Å². The molecule has 98 valence electrons. The Hall–Kier alpha value is -1.06. The van der Waals surface area contributed by atoms with Crippen LogP contribution in [0.25, 0.3) is 0 Å². The van der Waals surface area contributed by atoms with Crippen molar-refractivity contribution in [1.29, 1.82) is 0 Å². The number of aryl methyl sites for hydroxylation is 1. The predicted octanol–water partition coefficient (Wildman–Crippen LogP) is 2.07. The molecule has 0 saturated carbocycles. The Bertz CT molecular complexity index is 413. The third-order valence-corrected chi connectivity index (χ3v) is 3.73. The van der Waals surface area contributed by atoms with E-state index < -0.39 is 0 Å². The first-order valence-corrected chi connectivity index (χ1v) is 6.90. The average Bonchev–Trinajstić information content (AvgIpc) is 2.79. The number of ether oxygens (including phenoxy) is 2. The molecule has 3 rings (SSSR count). The van der Waals surface area contributed by atoms with Crippen LogP contribution in [0.3, 0.4) is 0 Å². The Morgan fingerprint density at radius 3 is 3.22 bits per heavy atom. The van der Waals surface area contributed by atoms with Crippen molar-refractivity contribution in [3.8, 4) is 5.75 Å². The van der Waals surface area contributed by atoms with Crippen LogP contribution in [0.15, 0.2) is 18.2 Å². The van der Waals surface area contributed by atoms with Crippen LogP contribution in [0.1, 0.15) is 24.0 Å². The van der Waals surface area contributed by atoms with Crippen LogP contribution in [0.5, 0.6) is 5.75 Å². The zero-order valence-corrected chi connectivity index (χ0v) is 10.9. The highest BCUT2D eigenvalue weighted by molar-refractivity contribution is 5.40. The lowest BCUT2D eigenvalue weighted by molar-refractivity contribution is -0.00365. The third kappa shape index (κ3) is 2.68. The summed E-state index contributed by atoms with van der Waals surface area (Å²) in [4.78, 5) is 0. The number of hydrogen-bond acceptors (Lipinski definition) is 3. The Kier molecular flexibility index (Phi) is 3.52. The van der Waals surface area contributed by atoms with Crippen LogP contribution in [0.2, 0.25) is 0 Å². The van der Waals surface area contributed by atoms with Crippen LogP contribution in [-0.4, -0.2) is 31.9 Å². The summed E-state index contributed by atoms with van der Waals surface area (Å²) < 4.78 is 11.8. The smallest absolute Gasteiger partial charge is 0.126 e. The second-order valence-electron chi connectivity index (χ2n) is 5.36. The molecule has 18 heavy (non-hydrogen) atoms. The maximum absolute atomic E-state index is 5.94. The van der Waals surface area contributed by atoms with E-state index in [-0.39, 0.29) is 6.10 Å². The second kappa shape index (κ2) is 5.29. The summed E-state index contributed by atoms with van der Waals surface area (Å²) in [5.74, 6) is 1.04. The molecular formula is C15H21NO2. The minimum atomic E-state index is 0.198. The van der Waals surface area contributed by atoms with Crippen molar-refractivity contribution in [1.82, 2.24) is 5.32 Å².